The summed E-state index contributed by atoms with van der Waals surface area (Å²) in [6.45, 7) is 4.89. The van der Waals surface area contributed by atoms with Crippen molar-refractivity contribution >= 4 is 11.8 Å². The highest BCUT2D eigenvalue weighted by atomic mass is 16.5. The van der Waals surface area contributed by atoms with Gasteiger partial charge >= 0.3 is 5.88 Å². The molecule has 1 aromatic heterocycles. The van der Waals surface area contributed by atoms with Crippen molar-refractivity contribution in [1.82, 2.24) is 5.27 Å². The first-order valence-corrected chi connectivity index (χ1v) is 5.82. The lowest BCUT2D eigenvalue weighted by Crippen LogP contribution is -2.37. The van der Waals surface area contributed by atoms with Crippen LogP contribution in [0.15, 0.2) is 46.0 Å². The van der Waals surface area contributed by atoms with Crippen molar-refractivity contribution in [3.05, 3.63) is 42.1 Å². The van der Waals surface area contributed by atoms with E-state index in [0.29, 0.717) is 11.5 Å². The van der Waals surface area contributed by atoms with Gasteiger partial charge in [0, 0.05) is 5.92 Å². The van der Waals surface area contributed by atoms with Crippen LogP contribution in [0.2, 0.25) is 0 Å². The molecule has 2 rings (SSSR count). The molecule has 18 heavy (non-hydrogen) atoms. The zero-order chi connectivity index (χ0) is 13.0. The van der Waals surface area contributed by atoms with Gasteiger partial charge in [-0.05, 0) is 11.5 Å². The number of hydrogen-bond acceptors (Lipinski definition) is 4. The van der Waals surface area contributed by atoms with Crippen LogP contribution in [0.5, 0.6) is 0 Å². The normalized spacial score (nSPS) is 12.1. The summed E-state index contributed by atoms with van der Waals surface area (Å²) in [7, 11) is 0. The fraction of sp³-hybridized carbons (Fsp3) is 0.308. The molecule has 5 heteroatoms. The first-order valence-electron chi connectivity index (χ1n) is 5.82. The second-order valence-corrected chi connectivity index (χ2v) is 4.44. The predicted octanol–water partition coefficient (Wildman–Crippen LogP) is 1.06. The SMILES string of the molecule is CC(C)C[n+]1cc(N=C([O-])c2ccccc2)on1. The zero-order valence-electron chi connectivity index (χ0n) is 10.4. The van der Waals surface area contributed by atoms with Gasteiger partial charge in [0.1, 0.15) is 0 Å². The zero-order valence-corrected chi connectivity index (χ0v) is 10.4. The van der Waals surface area contributed by atoms with E-state index in [2.05, 4.69) is 24.1 Å². The van der Waals surface area contributed by atoms with Crippen molar-refractivity contribution in [3.8, 4) is 0 Å². The Labute approximate surface area is 105 Å². The summed E-state index contributed by atoms with van der Waals surface area (Å²) in [6, 6.07) is 8.86. The molecule has 0 spiro atoms. The predicted molar refractivity (Wildman–Crippen MR) is 64.2 cm³/mol. The van der Waals surface area contributed by atoms with E-state index in [0.717, 1.165) is 6.54 Å². The van der Waals surface area contributed by atoms with E-state index in [-0.39, 0.29) is 11.8 Å². The maximum atomic E-state index is 11.8. The van der Waals surface area contributed by atoms with Crippen molar-refractivity contribution in [2.45, 2.75) is 20.4 Å². The van der Waals surface area contributed by atoms with Crippen molar-refractivity contribution in [2.75, 3.05) is 0 Å². The molecule has 0 aliphatic carbocycles. The lowest BCUT2D eigenvalue weighted by molar-refractivity contribution is -0.766. The Morgan fingerprint density at radius 3 is 2.78 bits per heavy atom. The molecule has 5 nitrogen and oxygen atoms in total. The molecule has 0 saturated heterocycles. The lowest BCUT2D eigenvalue weighted by atomic mass is 10.2. The Balaban J connectivity index is 2.15. The van der Waals surface area contributed by atoms with Crippen LogP contribution >= 0.6 is 0 Å². The summed E-state index contributed by atoms with van der Waals surface area (Å²) in [5.74, 6) is 0.353. The molecule has 0 N–H and O–H groups in total. The van der Waals surface area contributed by atoms with Gasteiger partial charge in [0.25, 0.3) is 6.20 Å². The number of aliphatic imine (C=N–C) groups is 1. The van der Waals surface area contributed by atoms with Gasteiger partial charge in [-0.2, -0.15) is 0 Å². The third-order valence-corrected chi connectivity index (χ3v) is 2.28. The molecular weight excluding hydrogens is 230 g/mol. The van der Waals surface area contributed by atoms with Gasteiger partial charge in [0.05, 0.1) is 0 Å². The molecule has 0 aliphatic rings. The number of rotatable bonds is 4. The van der Waals surface area contributed by atoms with Gasteiger partial charge in [-0.15, -0.1) is 0 Å². The van der Waals surface area contributed by atoms with E-state index in [9.17, 15) is 5.11 Å². The quantitative estimate of drug-likeness (QED) is 0.459. The van der Waals surface area contributed by atoms with E-state index < -0.39 is 0 Å². The Bertz CT molecular complexity index is 532. The van der Waals surface area contributed by atoms with Gasteiger partial charge < -0.3 is 5.11 Å². The van der Waals surface area contributed by atoms with Gasteiger partial charge in [0.15, 0.2) is 6.54 Å². The minimum atomic E-state index is -0.330. The molecule has 0 radical (unpaired) electrons. The van der Waals surface area contributed by atoms with Crippen LogP contribution in [0.1, 0.15) is 19.4 Å². The number of benzene rings is 1. The molecule has 2 aromatic rings. The smallest absolute Gasteiger partial charge is 0.320 e. The minimum Gasteiger partial charge on any atom is -0.858 e. The summed E-state index contributed by atoms with van der Waals surface area (Å²) < 4.78 is 6.62. The van der Waals surface area contributed by atoms with Crippen LogP contribution in [0.4, 0.5) is 5.88 Å². The molecule has 1 heterocycles. The van der Waals surface area contributed by atoms with Crippen molar-refractivity contribution in [1.29, 1.82) is 0 Å². The van der Waals surface area contributed by atoms with Crippen LogP contribution < -0.4 is 9.79 Å². The van der Waals surface area contributed by atoms with E-state index in [1.165, 1.54) is 0 Å². The third-order valence-electron chi connectivity index (χ3n) is 2.28. The molecule has 94 valence electrons. The Hall–Kier alpha value is -2.17. The van der Waals surface area contributed by atoms with Gasteiger partial charge in [-0.25, -0.2) is 4.99 Å². The average molecular weight is 245 g/mol. The van der Waals surface area contributed by atoms with Gasteiger partial charge in [0.2, 0.25) is 5.27 Å². The molecular formula is C13H15N3O2. The van der Waals surface area contributed by atoms with Gasteiger partial charge in [-0.3, -0.25) is 4.52 Å². The van der Waals surface area contributed by atoms with Crippen LogP contribution in [-0.4, -0.2) is 11.2 Å². The van der Waals surface area contributed by atoms with Crippen LogP contribution in [0, 0.1) is 5.92 Å². The molecule has 0 fully saturated rings. The summed E-state index contributed by atoms with van der Waals surface area (Å²) in [5, 5.41) is 15.6. The maximum Gasteiger partial charge on any atom is 0.320 e. The minimum absolute atomic E-state index is 0.226. The summed E-state index contributed by atoms with van der Waals surface area (Å²) in [4.78, 5) is 3.87. The maximum absolute atomic E-state index is 11.8. The van der Waals surface area contributed by atoms with E-state index in [1.54, 1.807) is 35.1 Å². The molecule has 0 amide bonds. The number of aromatic nitrogens is 2. The van der Waals surface area contributed by atoms with Crippen LogP contribution in [0.25, 0.3) is 0 Å². The van der Waals surface area contributed by atoms with Crippen molar-refractivity contribution < 1.29 is 14.3 Å². The van der Waals surface area contributed by atoms with E-state index in [4.69, 9.17) is 4.52 Å². The average Bonchev–Trinajstić information content (AvgIpc) is 2.76. The summed E-state index contributed by atoms with van der Waals surface area (Å²) in [6.07, 6.45) is 1.63. The third kappa shape index (κ3) is 3.16. The monoisotopic (exact) mass is 245 g/mol. The summed E-state index contributed by atoms with van der Waals surface area (Å²) >= 11 is 0. The van der Waals surface area contributed by atoms with Gasteiger partial charge in [-0.1, -0.05) is 48.9 Å². The van der Waals surface area contributed by atoms with Crippen LogP contribution in [0.3, 0.4) is 0 Å². The molecule has 0 unspecified atom stereocenters. The Kier molecular flexibility index (Phi) is 3.72. The lowest BCUT2D eigenvalue weighted by Gasteiger charge is -2.07. The molecule has 1 aromatic carbocycles. The highest BCUT2D eigenvalue weighted by Gasteiger charge is 2.12. The Morgan fingerprint density at radius 2 is 2.11 bits per heavy atom. The van der Waals surface area contributed by atoms with E-state index in [1.807, 2.05) is 6.07 Å². The largest absolute Gasteiger partial charge is 0.858 e. The molecule has 0 saturated carbocycles. The fourth-order valence-electron chi connectivity index (χ4n) is 1.52. The number of nitrogens with zero attached hydrogens (tertiary/aromatic N) is 3. The Morgan fingerprint density at radius 1 is 1.39 bits per heavy atom. The first kappa shape index (κ1) is 12.3. The highest BCUT2D eigenvalue weighted by Crippen LogP contribution is 2.08. The van der Waals surface area contributed by atoms with Crippen molar-refractivity contribution in [2.24, 2.45) is 10.9 Å². The molecule has 0 atom stereocenters. The topological polar surface area (TPSA) is 65.3 Å². The van der Waals surface area contributed by atoms with E-state index >= 15 is 0 Å². The number of hydrogen-bond donors (Lipinski definition) is 0. The second-order valence-electron chi connectivity index (χ2n) is 4.44. The second kappa shape index (κ2) is 5.44. The highest BCUT2D eigenvalue weighted by molar-refractivity contribution is 5.91. The first-order chi connectivity index (χ1) is 8.65. The standard InChI is InChI=1S/C13H15N3O2/c1-10(2)8-16-9-12(18-15-16)14-13(17)11-6-4-3-5-7-11/h3-7,9-10H,8H2,1-2H3. The summed E-state index contributed by atoms with van der Waals surface area (Å²) in [5.41, 5.74) is 0.532. The van der Waals surface area contributed by atoms with Crippen LogP contribution in [-0.2, 0) is 6.54 Å². The fourth-order valence-corrected chi connectivity index (χ4v) is 1.52. The van der Waals surface area contributed by atoms with Crippen molar-refractivity contribution in [3.63, 3.8) is 0 Å². The molecule has 0 bridgehead atoms. The molecule has 0 aliphatic heterocycles.